The summed E-state index contributed by atoms with van der Waals surface area (Å²) in [6, 6.07) is 14.8. The second-order valence-electron chi connectivity index (χ2n) is 7.49. The highest BCUT2D eigenvalue weighted by molar-refractivity contribution is 7.98. The molecule has 5 heteroatoms. The smallest absolute Gasteiger partial charge is 0.167 e. The van der Waals surface area contributed by atoms with Gasteiger partial charge in [-0.1, -0.05) is 12.1 Å². The predicted octanol–water partition coefficient (Wildman–Crippen LogP) is 4.99. The average Bonchev–Trinajstić information content (AvgIpc) is 3.37. The SMILES string of the molecule is CSc1ccc(CC(=O)c2cc3c(c(-c4ccn[nH]4)c2)N(C(C)C)CC3)cc1. The highest BCUT2D eigenvalue weighted by Gasteiger charge is 2.27. The van der Waals surface area contributed by atoms with Crippen molar-refractivity contribution in [3.63, 3.8) is 0 Å². The van der Waals surface area contributed by atoms with Gasteiger partial charge in [0.25, 0.3) is 0 Å². The lowest BCUT2D eigenvalue weighted by Gasteiger charge is -2.26. The number of ketones is 1. The number of aromatic nitrogens is 2. The van der Waals surface area contributed by atoms with Gasteiger partial charge in [-0.2, -0.15) is 5.10 Å². The number of nitrogens with one attached hydrogen (secondary N) is 1. The first kappa shape index (κ1) is 18.8. The normalized spacial score (nSPS) is 13.2. The van der Waals surface area contributed by atoms with Crippen molar-refractivity contribution in [1.82, 2.24) is 10.2 Å². The molecule has 0 saturated carbocycles. The van der Waals surface area contributed by atoms with Crippen molar-refractivity contribution >= 4 is 23.2 Å². The van der Waals surface area contributed by atoms with E-state index < -0.39 is 0 Å². The largest absolute Gasteiger partial charge is 0.368 e. The fraction of sp³-hybridized carbons (Fsp3) is 0.304. The fourth-order valence-corrected chi connectivity index (χ4v) is 4.30. The summed E-state index contributed by atoms with van der Waals surface area (Å²) >= 11 is 1.71. The molecule has 0 saturated heterocycles. The summed E-state index contributed by atoms with van der Waals surface area (Å²) in [5.41, 5.74) is 6.35. The number of H-pyrrole nitrogens is 1. The number of nitrogens with zero attached hydrogens (tertiary/aromatic N) is 2. The summed E-state index contributed by atoms with van der Waals surface area (Å²) in [7, 11) is 0. The van der Waals surface area contributed by atoms with Crippen molar-refractivity contribution in [3.8, 4) is 11.3 Å². The van der Waals surface area contributed by atoms with Gasteiger partial charge in [-0.25, -0.2) is 0 Å². The van der Waals surface area contributed by atoms with Crippen LogP contribution < -0.4 is 4.90 Å². The van der Waals surface area contributed by atoms with Crippen LogP contribution in [0, 0.1) is 0 Å². The van der Waals surface area contributed by atoms with Gasteiger partial charge in [0, 0.05) is 46.9 Å². The summed E-state index contributed by atoms with van der Waals surface area (Å²) in [6.45, 7) is 5.41. The number of rotatable bonds is 6. The van der Waals surface area contributed by atoms with Crippen LogP contribution in [0.3, 0.4) is 0 Å². The molecule has 2 heterocycles. The quantitative estimate of drug-likeness (QED) is 0.475. The molecule has 0 spiro atoms. The molecule has 1 aliphatic heterocycles. The fourth-order valence-electron chi connectivity index (χ4n) is 3.90. The maximum atomic E-state index is 13.1. The zero-order valence-electron chi connectivity index (χ0n) is 16.5. The molecule has 0 bridgehead atoms. The number of anilines is 1. The highest BCUT2D eigenvalue weighted by atomic mass is 32.2. The number of hydrogen-bond acceptors (Lipinski definition) is 4. The molecule has 1 aromatic heterocycles. The van der Waals surface area contributed by atoms with Crippen LogP contribution in [0.15, 0.2) is 53.6 Å². The first-order chi connectivity index (χ1) is 13.6. The third-order valence-electron chi connectivity index (χ3n) is 5.36. The van der Waals surface area contributed by atoms with Gasteiger partial charge in [-0.05, 0) is 68.0 Å². The number of carbonyl (C=O) groups is 1. The Morgan fingerprint density at radius 3 is 2.64 bits per heavy atom. The molecule has 0 radical (unpaired) electrons. The maximum Gasteiger partial charge on any atom is 0.167 e. The Hall–Kier alpha value is -2.53. The number of benzene rings is 2. The van der Waals surface area contributed by atoms with Crippen LogP contribution >= 0.6 is 11.8 Å². The van der Waals surface area contributed by atoms with Crippen molar-refractivity contribution in [1.29, 1.82) is 0 Å². The van der Waals surface area contributed by atoms with Gasteiger partial charge < -0.3 is 4.90 Å². The standard InChI is InChI=1S/C23H25N3OS/c1-15(2)26-11-9-17-13-18(14-20(23(17)26)21-8-10-24-25-21)22(27)12-16-4-6-19(28-3)7-5-16/h4-8,10,13-15H,9,11-12H2,1-3H3,(H,24,25). The van der Waals surface area contributed by atoms with Gasteiger partial charge in [0.1, 0.15) is 0 Å². The van der Waals surface area contributed by atoms with E-state index >= 15 is 0 Å². The molecular formula is C23H25N3OS. The van der Waals surface area contributed by atoms with Crippen LogP contribution in [0.2, 0.25) is 0 Å². The van der Waals surface area contributed by atoms with E-state index in [1.54, 1.807) is 18.0 Å². The lowest BCUT2D eigenvalue weighted by molar-refractivity contribution is 0.0993. The number of thioether (sulfide) groups is 1. The lowest BCUT2D eigenvalue weighted by Crippen LogP contribution is -2.28. The van der Waals surface area contributed by atoms with Crippen LogP contribution in [0.25, 0.3) is 11.3 Å². The monoisotopic (exact) mass is 391 g/mol. The Bertz CT molecular complexity index is 978. The number of Topliss-reactive ketones (excluding diaryl/α,β-unsaturated/α-hetero) is 1. The summed E-state index contributed by atoms with van der Waals surface area (Å²) in [4.78, 5) is 16.7. The van der Waals surface area contributed by atoms with Gasteiger partial charge in [0.05, 0.1) is 5.69 Å². The molecule has 2 aromatic carbocycles. The first-order valence-electron chi connectivity index (χ1n) is 9.66. The van der Waals surface area contributed by atoms with Gasteiger partial charge in [-0.15, -0.1) is 11.8 Å². The number of aromatic amines is 1. The van der Waals surface area contributed by atoms with E-state index in [4.69, 9.17) is 0 Å². The Morgan fingerprint density at radius 2 is 2.00 bits per heavy atom. The molecular weight excluding hydrogens is 366 g/mol. The molecule has 4 nitrogen and oxygen atoms in total. The zero-order valence-corrected chi connectivity index (χ0v) is 17.3. The maximum absolute atomic E-state index is 13.1. The zero-order chi connectivity index (χ0) is 19.7. The van der Waals surface area contributed by atoms with Crippen molar-refractivity contribution in [2.24, 2.45) is 0 Å². The van der Waals surface area contributed by atoms with Gasteiger partial charge in [0.2, 0.25) is 0 Å². The minimum atomic E-state index is 0.156. The average molecular weight is 392 g/mol. The first-order valence-corrected chi connectivity index (χ1v) is 10.9. The van der Waals surface area contributed by atoms with E-state index in [1.807, 2.05) is 24.3 Å². The summed E-state index contributed by atoms with van der Waals surface area (Å²) < 4.78 is 0. The summed E-state index contributed by atoms with van der Waals surface area (Å²) in [6.07, 6.45) is 5.21. The highest BCUT2D eigenvalue weighted by Crippen LogP contribution is 2.39. The third-order valence-corrected chi connectivity index (χ3v) is 6.10. The van der Waals surface area contributed by atoms with Crippen molar-refractivity contribution in [2.45, 2.75) is 37.6 Å². The topological polar surface area (TPSA) is 49.0 Å². The molecule has 0 atom stereocenters. The predicted molar refractivity (Wildman–Crippen MR) is 116 cm³/mol. The van der Waals surface area contributed by atoms with Crippen LogP contribution in [0.5, 0.6) is 0 Å². The van der Waals surface area contributed by atoms with Crippen molar-refractivity contribution < 1.29 is 4.79 Å². The Balaban J connectivity index is 1.70. The molecule has 144 valence electrons. The third kappa shape index (κ3) is 3.59. The van der Waals surface area contributed by atoms with Crippen LogP contribution in [-0.2, 0) is 12.8 Å². The minimum absolute atomic E-state index is 0.156. The Kier molecular flexibility index (Phi) is 5.27. The Labute approximate surface area is 170 Å². The molecule has 28 heavy (non-hydrogen) atoms. The van der Waals surface area contributed by atoms with E-state index in [0.717, 1.165) is 35.3 Å². The molecule has 0 aliphatic carbocycles. The summed E-state index contributed by atoms with van der Waals surface area (Å²) in [5.74, 6) is 0.156. The molecule has 1 aliphatic rings. The Morgan fingerprint density at radius 1 is 1.21 bits per heavy atom. The van der Waals surface area contributed by atoms with E-state index in [0.29, 0.717) is 12.5 Å². The molecule has 4 rings (SSSR count). The van der Waals surface area contributed by atoms with E-state index in [1.165, 1.54) is 16.1 Å². The molecule has 0 fully saturated rings. The lowest BCUT2D eigenvalue weighted by atomic mass is 9.95. The van der Waals surface area contributed by atoms with Gasteiger partial charge >= 0.3 is 0 Å². The molecule has 3 aromatic rings. The molecule has 0 amide bonds. The van der Waals surface area contributed by atoms with Crippen LogP contribution in [0.1, 0.15) is 35.3 Å². The van der Waals surface area contributed by atoms with Gasteiger partial charge in [-0.3, -0.25) is 9.89 Å². The molecule has 0 unspecified atom stereocenters. The van der Waals surface area contributed by atoms with Crippen molar-refractivity contribution in [2.75, 3.05) is 17.7 Å². The summed E-state index contributed by atoms with van der Waals surface area (Å²) in [5, 5.41) is 7.20. The number of fused-ring (bicyclic) bond motifs is 1. The second kappa shape index (κ2) is 7.84. The van der Waals surface area contributed by atoms with E-state index in [-0.39, 0.29) is 5.78 Å². The van der Waals surface area contributed by atoms with E-state index in [9.17, 15) is 4.79 Å². The number of carbonyl (C=O) groups excluding carboxylic acids is 1. The second-order valence-corrected chi connectivity index (χ2v) is 8.37. The van der Waals surface area contributed by atoms with Crippen LogP contribution in [-0.4, -0.2) is 34.8 Å². The van der Waals surface area contributed by atoms with Crippen molar-refractivity contribution in [3.05, 3.63) is 65.4 Å². The molecule has 1 N–H and O–H groups in total. The van der Waals surface area contributed by atoms with Crippen LogP contribution in [0.4, 0.5) is 5.69 Å². The number of hydrogen-bond donors (Lipinski definition) is 1. The van der Waals surface area contributed by atoms with E-state index in [2.05, 4.69) is 53.4 Å². The minimum Gasteiger partial charge on any atom is -0.368 e. The van der Waals surface area contributed by atoms with Gasteiger partial charge in [0.15, 0.2) is 5.78 Å².